The Morgan fingerprint density at radius 3 is 1.63 bits per heavy atom. The molecule has 0 amide bonds. The summed E-state index contributed by atoms with van der Waals surface area (Å²) in [5.41, 5.74) is 10.5. The standard InChI is InChI=1S/C46H36N2O/c1-31-11-9-17-39(23-31)47(37-13-5-3-6-14-37)41-21-19-33-27-43-44-28-34-20-22-42(26-36(34)30-46(44)49-45(43)29-35(33)25-41)48(38-15-7-4-8-16-38)40-18-10-12-32(2)24-40/h3-30,43,45H,1-2H3. The van der Waals surface area contributed by atoms with Gasteiger partial charge < -0.3 is 14.5 Å². The minimum atomic E-state index is -0.0497. The van der Waals surface area contributed by atoms with Gasteiger partial charge >= 0.3 is 0 Å². The predicted molar refractivity (Wildman–Crippen MR) is 205 cm³/mol. The van der Waals surface area contributed by atoms with Gasteiger partial charge in [0.1, 0.15) is 11.9 Å². The van der Waals surface area contributed by atoms with Crippen LogP contribution in [-0.2, 0) is 0 Å². The smallest absolute Gasteiger partial charge is 0.128 e. The van der Waals surface area contributed by atoms with Crippen molar-refractivity contribution in [1.29, 1.82) is 0 Å². The van der Waals surface area contributed by atoms with Crippen molar-refractivity contribution in [2.45, 2.75) is 25.9 Å². The first kappa shape index (κ1) is 29.1. The SMILES string of the molecule is Cc1cccc(N(c2ccccc2)c2ccc3c(c2)=CC2Oc4cc5cc(N(c6ccccc6)c6cccc(C)c6)ccc5cc4C2C=3)c1. The fraction of sp³-hybridized carbons (Fsp3) is 0.0870. The lowest BCUT2D eigenvalue weighted by atomic mass is 9.89. The third kappa shape index (κ3) is 5.34. The largest absolute Gasteiger partial charge is 0.485 e. The van der Waals surface area contributed by atoms with E-state index in [1.807, 2.05) is 0 Å². The Kier molecular flexibility index (Phi) is 7.05. The van der Waals surface area contributed by atoms with Crippen LogP contribution in [0.5, 0.6) is 5.75 Å². The average Bonchev–Trinajstić information content (AvgIpc) is 3.46. The van der Waals surface area contributed by atoms with E-state index in [-0.39, 0.29) is 12.0 Å². The van der Waals surface area contributed by atoms with E-state index < -0.39 is 0 Å². The van der Waals surface area contributed by atoms with Crippen LogP contribution >= 0.6 is 0 Å². The van der Waals surface area contributed by atoms with Crippen LogP contribution in [-0.4, -0.2) is 6.10 Å². The lowest BCUT2D eigenvalue weighted by molar-refractivity contribution is 0.288. The Labute approximate surface area is 287 Å². The van der Waals surface area contributed by atoms with Crippen LogP contribution < -0.4 is 25.0 Å². The van der Waals surface area contributed by atoms with Crippen molar-refractivity contribution >= 4 is 57.0 Å². The number of benzene rings is 7. The maximum Gasteiger partial charge on any atom is 0.128 e. The maximum atomic E-state index is 6.73. The van der Waals surface area contributed by atoms with Gasteiger partial charge in [0.15, 0.2) is 0 Å². The second kappa shape index (κ2) is 11.9. The van der Waals surface area contributed by atoms with Crippen LogP contribution in [0.4, 0.5) is 34.1 Å². The van der Waals surface area contributed by atoms with E-state index in [0.29, 0.717) is 0 Å². The summed E-state index contributed by atoms with van der Waals surface area (Å²) in [4.78, 5) is 4.66. The Morgan fingerprint density at radius 1 is 0.429 bits per heavy atom. The van der Waals surface area contributed by atoms with E-state index in [2.05, 4.69) is 194 Å². The predicted octanol–water partition coefficient (Wildman–Crippen LogP) is 10.5. The molecule has 3 nitrogen and oxygen atoms in total. The average molecular weight is 633 g/mol. The van der Waals surface area contributed by atoms with Crippen molar-refractivity contribution in [3.8, 4) is 5.75 Å². The third-order valence-corrected chi connectivity index (χ3v) is 9.77. The fourth-order valence-corrected chi connectivity index (χ4v) is 7.45. The highest BCUT2D eigenvalue weighted by molar-refractivity contribution is 5.92. The van der Waals surface area contributed by atoms with E-state index >= 15 is 0 Å². The molecule has 2 atom stereocenters. The van der Waals surface area contributed by atoms with Crippen LogP contribution in [0.1, 0.15) is 22.6 Å². The maximum absolute atomic E-state index is 6.73. The summed E-state index contributed by atoms with van der Waals surface area (Å²) in [7, 11) is 0. The minimum Gasteiger partial charge on any atom is -0.485 e. The molecule has 1 heterocycles. The van der Waals surface area contributed by atoms with E-state index in [9.17, 15) is 0 Å². The number of aryl methyl sites for hydroxylation is 2. The van der Waals surface area contributed by atoms with Gasteiger partial charge in [0, 0.05) is 45.6 Å². The summed E-state index contributed by atoms with van der Waals surface area (Å²) in [6.45, 7) is 4.29. The molecule has 0 saturated heterocycles. The molecule has 0 saturated carbocycles. The highest BCUT2D eigenvalue weighted by atomic mass is 16.5. The molecule has 236 valence electrons. The van der Waals surface area contributed by atoms with E-state index in [1.54, 1.807) is 0 Å². The van der Waals surface area contributed by atoms with Crippen LogP contribution in [0.2, 0.25) is 0 Å². The number of hydrogen-bond donors (Lipinski definition) is 0. The molecule has 2 unspecified atom stereocenters. The van der Waals surface area contributed by atoms with Gasteiger partial charge in [0.05, 0.1) is 0 Å². The highest BCUT2D eigenvalue weighted by Crippen LogP contribution is 2.44. The number of fused-ring (bicyclic) bond motifs is 5. The number of anilines is 6. The molecule has 0 radical (unpaired) electrons. The van der Waals surface area contributed by atoms with Gasteiger partial charge in [-0.25, -0.2) is 0 Å². The lowest BCUT2D eigenvalue weighted by Gasteiger charge is -2.26. The molecule has 0 aromatic heterocycles. The van der Waals surface area contributed by atoms with Crippen molar-refractivity contribution in [2.75, 3.05) is 9.80 Å². The van der Waals surface area contributed by atoms with Crippen molar-refractivity contribution in [3.05, 3.63) is 185 Å². The van der Waals surface area contributed by atoms with Crippen LogP contribution in [0.3, 0.4) is 0 Å². The van der Waals surface area contributed by atoms with Crippen molar-refractivity contribution in [1.82, 2.24) is 0 Å². The highest BCUT2D eigenvalue weighted by Gasteiger charge is 2.33. The number of para-hydroxylation sites is 2. The molecule has 0 spiro atoms. The molecule has 0 fully saturated rings. The third-order valence-electron chi connectivity index (χ3n) is 9.77. The molecule has 7 aromatic carbocycles. The molecule has 7 aromatic rings. The first-order chi connectivity index (χ1) is 24.1. The zero-order valence-corrected chi connectivity index (χ0v) is 27.6. The van der Waals surface area contributed by atoms with Crippen molar-refractivity contribution < 1.29 is 4.74 Å². The van der Waals surface area contributed by atoms with E-state index in [4.69, 9.17) is 4.74 Å². The first-order valence-electron chi connectivity index (χ1n) is 17.0. The number of hydrogen-bond acceptors (Lipinski definition) is 3. The molecule has 49 heavy (non-hydrogen) atoms. The normalized spacial score (nSPS) is 15.6. The van der Waals surface area contributed by atoms with Gasteiger partial charge in [0.2, 0.25) is 0 Å². The second-order valence-electron chi connectivity index (χ2n) is 13.2. The molecule has 0 N–H and O–H groups in total. The topological polar surface area (TPSA) is 15.7 Å². The minimum absolute atomic E-state index is 0.0497. The second-order valence-corrected chi connectivity index (χ2v) is 13.2. The molecular weight excluding hydrogens is 597 g/mol. The molecule has 9 rings (SSSR count). The molecular formula is C46H36N2O. The molecule has 3 heteroatoms. The summed E-state index contributed by atoms with van der Waals surface area (Å²) in [5, 5.41) is 4.82. The van der Waals surface area contributed by atoms with Crippen molar-refractivity contribution in [2.24, 2.45) is 0 Å². The number of nitrogens with zero attached hydrogens (tertiary/aromatic N) is 2. The van der Waals surface area contributed by atoms with E-state index in [0.717, 1.165) is 39.9 Å². The molecule has 1 aliphatic carbocycles. The summed E-state index contributed by atoms with van der Waals surface area (Å²) in [6.07, 6.45) is 4.66. The van der Waals surface area contributed by atoms with Crippen LogP contribution in [0.15, 0.2) is 158 Å². The first-order valence-corrected chi connectivity index (χ1v) is 17.0. The Hall–Kier alpha value is -6.06. The molecule has 1 aliphatic heterocycles. The van der Waals surface area contributed by atoms with Gasteiger partial charge in [-0.2, -0.15) is 0 Å². The zero-order chi connectivity index (χ0) is 32.9. The summed E-state index contributed by atoms with van der Waals surface area (Å²) in [6, 6.07) is 56.7. The Balaban J connectivity index is 1.09. The van der Waals surface area contributed by atoms with Gasteiger partial charge in [-0.05, 0) is 137 Å². The number of rotatable bonds is 6. The summed E-state index contributed by atoms with van der Waals surface area (Å²) < 4.78 is 6.73. The fourth-order valence-electron chi connectivity index (χ4n) is 7.45. The quantitative estimate of drug-likeness (QED) is 0.181. The molecule has 2 aliphatic rings. The van der Waals surface area contributed by atoms with Crippen molar-refractivity contribution in [3.63, 3.8) is 0 Å². The van der Waals surface area contributed by atoms with Gasteiger partial charge in [-0.1, -0.05) is 78.9 Å². The van der Waals surface area contributed by atoms with Gasteiger partial charge in [-0.15, -0.1) is 0 Å². The Bertz CT molecular complexity index is 2470. The monoisotopic (exact) mass is 632 g/mol. The lowest BCUT2D eigenvalue weighted by Crippen LogP contribution is -2.34. The number of ether oxygens (including phenoxy) is 1. The zero-order valence-electron chi connectivity index (χ0n) is 27.6. The molecule has 0 bridgehead atoms. The summed E-state index contributed by atoms with van der Waals surface area (Å²) >= 11 is 0. The van der Waals surface area contributed by atoms with Gasteiger partial charge in [0.25, 0.3) is 0 Å². The Morgan fingerprint density at radius 2 is 1.00 bits per heavy atom. The van der Waals surface area contributed by atoms with E-state index in [1.165, 1.54) is 37.9 Å². The van der Waals surface area contributed by atoms with Gasteiger partial charge in [-0.3, -0.25) is 0 Å². The van der Waals surface area contributed by atoms with Crippen LogP contribution in [0, 0.1) is 13.8 Å². The van der Waals surface area contributed by atoms with Crippen LogP contribution in [0.25, 0.3) is 22.9 Å². The summed E-state index contributed by atoms with van der Waals surface area (Å²) in [5.74, 6) is 1.14.